The Labute approximate surface area is 91.1 Å². The molecule has 0 radical (unpaired) electrons. The maximum atomic E-state index is 11.9. The van der Waals surface area contributed by atoms with Crippen molar-refractivity contribution in [2.75, 3.05) is 6.61 Å². The summed E-state index contributed by atoms with van der Waals surface area (Å²) >= 11 is 3.32. The van der Waals surface area contributed by atoms with E-state index in [2.05, 4.69) is 15.9 Å². The van der Waals surface area contributed by atoms with E-state index in [9.17, 15) is 4.79 Å². The van der Waals surface area contributed by atoms with Gasteiger partial charge in [0, 0.05) is 10.0 Å². The van der Waals surface area contributed by atoms with E-state index >= 15 is 0 Å². The van der Waals surface area contributed by atoms with Crippen LogP contribution in [0.3, 0.4) is 0 Å². The van der Waals surface area contributed by atoms with Crippen molar-refractivity contribution in [3.05, 3.63) is 34.3 Å². The third kappa shape index (κ3) is 1.62. The first-order chi connectivity index (χ1) is 6.68. The first-order valence-electron chi connectivity index (χ1n) is 4.59. The summed E-state index contributed by atoms with van der Waals surface area (Å²) in [4.78, 5) is 11.9. The molecule has 1 aliphatic rings. The van der Waals surface area contributed by atoms with Crippen LogP contribution in [0.5, 0.6) is 0 Å². The van der Waals surface area contributed by atoms with Gasteiger partial charge in [0.2, 0.25) is 0 Å². The number of ketones is 1. The van der Waals surface area contributed by atoms with E-state index in [4.69, 9.17) is 5.11 Å². The molecule has 1 saturated carbocycles. The first-order valence-corrected chi connectivity index (χ1v) is 5.38. The Bertz CT molecular complexity index is 352. The van der Waals surface area contributed by atoms with Crippen molar-refractivity contribution in [1.29, 1.82) is 0 Å². The Kier molecular flexibility index (Phi) is 2.45. The van der Waals surface area contributed by atoms with Crippen LogP contribution in [0, 0.1) is 5.41 Å². The number of aliphatic hydroxyl groups is 1. The Morgan fingerprint density at radius 3 is 2.36 bits per heavy atom. The van der Waals surface area contributed by atoms with Crippen LogP contribution in [0.2, 0.25) is 0 Å². The van der Waals surface area contributed by atoms with Gasteiger partial charge in [0.05, 0.1) is 12.0 Å². The molecule has 1 N–H and O–H groups in total. The van der Waals surface area contributed by atoms with Crippen molar-refractivity contribution in [2.24, 2.45) is 5.41 Å². The summed E-state index contributed by atoms with van der Waals surface area (Å²) < 4.78 is 0.961. The summed E-state index contributed by atoms with van der Waals surface area (Å²) in [5.74, 6) is 0.0764. The average Bonchev–Trinajstić information content (AvgIpc) is 2.99. The summed E-state index contributed by atoms with van der Waals surface area (Å²) in [7, 11) is 0. The number of halogens is 1. The summed E-state index contributed by atoms with van der Waals surface area (Å²) in [6, 6.07) is 7.28. The number of carbonyl (C=O) groups excluding carboxylic acids is 1. The number of hydrogen-bond acceptors (Lipinski definition) is 2. The lowest BCUT2D eigenvalue weighted by atomic mass is 9.96. The Morgan fingerprint density at radius 2 is 1.93 bits per heavy atom. The lowest BCUT2D eigenvalue weighted by Crippen LogP contribution is -2.19. The lowest BCUT2D eigenvalue weighted by molar-refractivity contribution is 0.0829. The molecule has 0 atom stereocenters. The van der Waals surface area contributed by atoms with Crippen molar-refractivity contribution in [2.45, 2.75) is 12.8 Å². The van der Waals surface area contributed by atoms with Crippen LogP contribution in [0.1, 0.15) is 23.2 Å². The van der Waals surface area contributed by atoms with Gasteiger partial charge in [0.25, 0.3) is 0 Å². The van der Waals surface area contributed by atoms with Gasteiger partial charge in [-0.05, 0) is 25.0 Å². The summed E-state index contributed by atoms with van der Waals surface area (Å²) in [6.07, 6.45) is 1.64. The van der Waals surface area contributed by atoms with Gasteiger partial charge < -0.3 is 5.11 Å². The molecule has 14 heavy (non-hydrogen) atoms. The number of benzene rings is 1. The second-order valence-electron chi connectivity index (χ2n) is 3.77. The number of hydrogen-bond donors (Lipinski definition) is 1. The van der Waals surface area contributed by atoms with Gasteiger partial charge in [-0.1, -0.05) is 28.1 Å². The van der Waals surface area contributed by atoms with Gasteiger partial charge in [-0.3, -0.25) is 4.79 Å². The maximum Gasteiger partial charge on any atom is 0.171 e. The summed E-state index contributed by atoms with van der Waals surface area (Å²) in [6.45, 7) is -0.0259. The van der Waals surface area contributed by atoms with Gasteiger partial charge in [0.1, 0.15) is 0 Å². The van der Waals surface area contributed by atoms with Crippen LogP contribution in [0.25, 0.3) is 0 Å². The van der Waals surface area contributed by atoms with Gasteiger partial charge in [-0.15, -0.1) is 0 Å². The molecule has 0 amide bonds. The molecule has 0 bridgehead atoms. The Balaban J connectivity index is 2.23. The predicted molar refractivity (Wildman–Crippen MR) is 57.2 cm³/mol. The maximum absolute atomic E-state index is 11.9. The largest absolute Gasteiger partial charge is 0.395 e. The molecule has 0 unspecified atom stereocenters. The van der Waals surface area contributed by atoms with E-state index in [0.29, 0.717) is 5.56 Å². The molecule has 1 aliphatic carbocycles. The van der Waals surface area contributed by atoms with Crippen LogP contribution in [-0.4, -0.2) is 17.5 Å². The first kappa shape index (κ1) is 9.87. The second-order valence-corrected chi connectivity index (χ2v) is 4.69. The fourth-order valence-corrected chi connectivity index (χ4v) is 1.78. The van der Waals surface area contributed by atoms with Crippen LogP contribution in [0.4, 0.5) is 0 Å². The van der Waals surface area contributed by atoms with E-state index in [1.807, 2.05) is 12.1 Å². The van der Waals surface area contributed by atoms with Gasteiger partial charge in [-0.2, -0.15) is 0 Å². The second kappa shape index (κ2) is 3.48. The normalized spacial score (nSPS) is 17.9. The highest BCUT2D eigenvalue weighted by atomic mass is 79.9. The molecular formula is C11H11BrO2. The summed E-state index contributed by atoms with van der Waals surface area (Å²) in [5, 5.41) is 9.11. The lowest BCUT2D eigenvalue weighted by Gasteiger charge is -2.09. The molecule has 2 nitrogen and oxygen atoms in total. The molecule has 3 heteroatoms. The van der Waals surface area contributed by atoms with Crippen LogP contribution in [0.15, 0.2) is 28.7 Å². The van der Waals surface area contributed by atoms with Gasteiger partial charge in [0.15, 0.2) is 5.78 Å². The molecular weight excluding hydrogens is 244 g/mol. The molecule has 0 aliphatic heterocycles. The quantitative estimate of drug-likeness (QED) is 0.842. The van der Waals surface area contributed by atoms with Gasteiger partial charge >= 0.3 is 0 Å². The van der Waals surface area contributed by atoms with Crippen molar-refractivity contribution in [1.82, 2.24) is 0 Å². The standard InChI is InChI=1S/C11H11BrO2/c12-9-3-1-8(2-4-9)10(14)11(7-13)5-6-11/h1-4,13H,5-7H2. The Morgan fingerprint density at radius 1 is 1.36 bits per heavy atom. The van der Waals surface area contributed by atoms with E-state index < -0.39 is 5.41 Å². The molecule has 0 heterocycles. The van der Waals surface area contributed by atoms with E-state index in [-0.39, 0.29) is 12.4 Å². The van der Waals surface area contributed by atoms with Crippen LogP contribution < -0.4 is 0 Å². The zero-order valence-electron chi connectivity index (χ0n) is 7.66. The van der Waals surface area contributed by atoms with Crippen molar-refractivity contribution < 1.29 is 9.90 Å². The average molecular weight is 255 g/mol. The molecule has 74 valence electrons. The minimum atomic E-state index is -0.451. The number of carbonyl (C=O) groups is 1. The Hall–Kier alpha value is -0.670. The highest BCUT2D eigenvalue weighted by Crippen LogP contribution is 2.47. The zero-order valence-corrected chi connectivity index (χ0v) is 9.25. The van der Waals surface area contributed by atoms with Crippen molar-refractivity contribution >= 4 is 21.7 Å². The smallest absolute Gasteiger partial charge is 0.171 e. The number of rotatable bonds is 3. The number of Topliss-reactive ketones (excluding diaryl/α,β-unsaturated/α-hetero) is 1. The summed E-state index contributed by atoms with van der Waals surface area (Å²) in [5.41, 5.74) is 0.244. The molecule has 0 saturated heterocycles. The van der Waals surface area contributed by atoms with Crippen molar-refractivity contribution in [3.63, 3.8) is 0 Å². The van der Waals surface area contributed by atoms with E-state index in [1.54, 1.807) is 12.1 Å². The number of aliphatic hydroxyl groups excluding tert-OH is 1. The monoisotopic (exact) mass is 254 g/mol. The third-order valence-corrected chi connectivity index (χ3v) is 3.27. The third-order valence-electron chi connectivity index (χ3n) is 2.74. The minimum absolute atomic E-state index is 0.0259. The highest BCUT2D eigenvalue weighted by Gasteiger charge is 2.49. The van der Waals surface area contributed by atoms with Crippen molar-refractivity contribution in [3.8, 4) is 0 Å². The highest BCUT2D eigenvalue weighted by molar-refractivity contribution is 9.10. The molecule has 0 spiro atoms. The minimum Gasteiger partial charge on any atom is -0.395 e. The van der Waals surface area contributed by atoms with Gasteiger partial charge in [-0.25, -0.2) is 0 Å². The molecule has 1 fully saturated rings. The van der Waals surface area contributed by atoms with Crippen LogP contribution >= 0.6 is 15.9 Å². The van der Waals surface area contributed by atoms with Crippen LogP contribution in [-0.2, 0) is 0 Å². The molecule has 1 aromatic carbocycles. The predicted octanol–water partition coefficient (Wildman–Crippen LogP) is 2.40. The topological polar surface area (TPSA) is 37.3 Å². The van der Waals surface area contributed by atoms with E-state index in [0.717, 1.165) is 17.3 Å². The zero-order chi connectivity index (χ0) is 10.2. The SMILES string of the molecule is O=C(c1ccc(Br)cc1)C1(CO)CC1. The fraction of sp³-hybridized carbons (Fsp3) is 0.364. The molecule has 0 aromatic heterocycles. The van der Waals surface area contributed by atoms with E-state index in [1.165, 1.54) is 0 Å². The molecule has 1 aromatic rings. The molecule has 2 rings (SSSR count). The fourth-order valence-electron chi connectivity index (χ4n) is 1.52.